The Morgan fingerprint density at radius 2 is 2.00 bits per heavy atom. The maximum Gasteiger partial charge on any atom is 0.180 e. The van der Waals surface area contributed by atoms with Crippen LogP contribution in [0.15, 0.2) is 22.8 Å². The van der Waals surface area contributed by atoms with E-state index in [2.05, 4.69) is 43.1 Å². The molecule has 0 amide bonds. The Morgan fingerprint density at radius 1 is 1.21 bits per heavy atom. The first-order valence-corrected chi connectivity index (χ1v) is 7.12. The first-order valence-electron chi connectivity index (χ1n) is 6.33. The van der Waals surface area contributed by atoms with Gasteiger partial charge in [-0.15, -0.1) is 0 Å². The summed E-state index contributed by atoms with van der Waals surface area (Å²) in [6.45, 7) is 6.98. The van der Waals surface area contributed by atoms with Crippen molar-refractivity contribution in [3.05, 3.63) is 34.1 Å². The van der Waals surface area contributed by atoms with Gasteiger partial charge in [0.1, 0.15) is 11.5 Å². The van der Waals surface area contributed by atoms with Gasteiger partial charge in [-0.05, 0) is 47.8 Å². The molecule has 100 valence electrons. The molecule has 0 atom stereocenters. The highest BCUT2D eigenvalue weighted by Crippen LogP contribution is 2.26. The fourth-order valence-electron chi connectivity index (χ4n) is 1.63. The first-order chi connectivity index (χ1) is 9.11. The van der Waals surface area contributed by atoms with Gasteiger partial charge in [-0.1, -0.05) is 13.0 Å². The van der Waals surface area contributed by atoms with Crippen LogP contribution in [-0.2, 0) is 0 Å². The minimum Gasteiger partial charge on any atom is -0.369 e. The summed E-state index contributed by atoms with van der Waals surface area (Å²) in [6.07, 6.45) is 2.88. The molecule has 2 aromatic heterocycles. The summed E-state index contributed by atoms with van der Waals surface area (Å²) >= 11 is 3.52. The molecule has 0 bridgehead atoms. The minimum atomic E-state index is 0.652. The van der Waals surface area contributed by atoms with Gasteiger partial charge in [0, 0.05) is 12.7 Å². The van der Waals surface area contributed by atoms with Crippen LogP contribution >= 0.6 is 15.9 Å². The number of rotatable bonds is 4. The standard InChI is InChI=1S/C14H17BrN4/c1-4-7-16-14-12(15)10(3)18-13(19-14)11-6-5-9(2)8-17-11/h5-6,8H,4,7H2,1-3H3,(H,16,18,19). The van der Waals surface area contributed by atoms with Gasteiger partial charge in [-0.3, -0.25) is 4.98 Å². The molecule has 0 saturated carbocycles. The van der Waals surface area contributed by atoms with Crippen LogP contribution in [0, 0.1) is 13.8 Å². The SMILES string of the molecule is CCCNc1nc(-c2ccc(C)cn2)nc(C)c1Br. The Labute approximate surface area is 121 Å². The molecule has 0 aliphatic carbocycles. The van der Waals surface area contributed by atoms with E-state index in [9.17, 15) is 0 Å². The van der Waals surface area contributed by atoms with Crippen LogP contribution in [0.1, 0.15) is 24.6 Å². The van der Waals surface area contributed by atoms with Crippen molar-refractivity contribution in [3.63, 3.8) is 0 Å². The third kappa shape index (κ3) is 3.29. The van der Waals surface area contributed by atoms with E-state index < -0.39 is 0 Å². The van der Waals surface area contributed by atoms with E-state index in [4.69, 9.17) is 0 Å². The van der Waals surface area contributed by atoms with Gasteiger partial charge in [0.25, 0.3) is 0 Å². The van der Waals surface area contributed by atoms with Crippen molar-refractivity contribution in [2.24, 2.45) is 0 Å². The molecule has 2 rings (SSSR count). The van der Waals surface area contributed by atoms with Gasteiger partial charge in [-0.2, -0.15) is 0 Å². The number of aryl methyl sites for hydroxylation is 2. The molecule has 0 unspecified atom stereocenters. The average molecular weight is 321 g/mol. The molecule has 4 nitrogen and oxygen atoms in total. The topological polar surface area (TPSA) is 50.7 Å². The summed E-state index contributed by atoms with van der Waals surface area (Å²) in [5, 5.41) is 3.30. The van der Waals surface area contributed by atoms with Crippen molar-refractivity contribution in [3.8, 4) is 11.5 Å². The lowest BCUT2D eigenvalue weighted by molar-refractivity contribution is 0.957. The second kappa shape index (κ2) is 6.10. The largest absolute Gasteiger partial charge is 0.369 e. The average Bonchev–Trinajstić information content (AvgIpc) is 2.41. The third-order valence-electron chi connectivity index (χ3n) is 2.70. The molecular formula is C14H17BrN4. The Balaban J connectivity index is 2.40. The smallest absolute Gasteiger partial charge is 0.180 e. The highest BCUT2D eigenvalue weighted by Gasteiger charge is 2.11. The van der Waals surface area contributed by atoms with Crippen molar-refractivity contribution < 1.29 is 0 Å². The number of nitrogens with one attached hydrogen (secondary N) is 1. The number of pyridine rings is 1. The Hall–Kier alpha value is -1.49. The lowest BCUT2D eigenvalue weighted by Gasteiger charge is -2.10. The van der Waals surface area contributed by atoms with E-state index in [1.807, 2.05) is 32.2 Å². The van der Waals surface area contributed by atoms with Crippen LogP contribution in [0.3, 0.4) is 0 Å². The molecule has 1 N–H and O–H groups in total. The zero-order valence-corrected chi connectivity index (χ0v) is 13.0. The normalized spacial score (nSPS) is 10.5. The highest BCUT2D eigenvalue weighted by molar-refractivity contribution is 9.10. The summed E-state index contributed by atoms with van der Waals surface area (Å²) in [5.74, 6) is 1.48. The van der Waals surface area contributed by atoms with E-state index in [0.29, 0.717) is 5.82 Å². The van der Waals surface area contributed by atoms with Crippen molar-refractivity contribution in [1.29, 1.82) is 0 Å². The monoisotopic (exact) mass is 320 g/mol. The Kier molecular flexibility index (Phi) is 4.47. The number of hydrogen-bond acceptors (Lipinski definition) is 4. The molecule has 5 heteroatoms. The van der Waals surface area contributed by atoms with E-state index >= 15 is 0 Å². The number of hydrogen-bond donors (Lipinski definition) is 1. The molecule has 0 aliphatic heterocycles. The van der Waals surface area contributed by atoms with E-state index in [-0.39, 0.29) is 0 Å². The zero-order chi connectivity index (χ0) is 13.8. The number of aromatic nitrogens is 3. The molecule has 0 aliphatic rings. The van der Waals surface area contributed by atoms with Crippen molar-refractivity contribution in [2.45, 2.75) is 27.2 Å². The van der Waals surface area contributed by atoms with Crippen molar-refractivity contribution in [2.75, 3.05) is 11.9 Å². The second-order valence-electron chi connectivity index (χ2n) is 4.44. The number of anilines is 1. The lowest BCUT2D eigenvalue weighted by Crippen LogP contribution is -2.06. The maximum absolute atomic E-state index is 4.54. The van der Waals surface area contributed by atoms with Crippen LogP contribution in [0.2, 0.25) is 0 Å². The van der Waals surface area contributed by atoms with Gasteiger partial charge in [0.15, 0.2) is 5.82 Å². The summed E-state index contributed by atoms with van der Waals surface area (Å²) in [5.41, 5.74) is 2.83. The number of halogens is 1. The summed E-state index contributed by atoms with van der Waals surface area (Å²) < 4.78 is 0.914. The molecule has 19 heavy (non-hydrogen) atoms. The van der Waals surface area contributed by atoms with Gasteiger partial charge in [-0.25, -0.2) is 9.97 Å². The molecule has 2 aromatic rings. The molecule has 0 saturated heterocycles. The van der Waals surface area contributed by atoms with Crippen LogP contribution < -0.4 is 5.32 Å². The second-order valence-corrected chi connectivity index (χ2v) is 5.24. The summed E-state index contributed by atoms with van der Waals surface area (Å²) in [4.78, 5) is 13.4. The summed E-state index contributed by atoms with van der Waals surface area (Å²) in [6, 6.07) is 3.96. The van der Waals surface area contributed by atoms with E-state index in [1.165, 1.54) is 0 Å². The predicted molar refractivity (Wildman–Crippen MR) is 81.2 cm³/mol. The van der Waals surface area contributed by atoms with Crippen LogP contribution in [-0.4, -0.2) is 21.5 Å². The van der Waals surface area contributed by atoms with Crippen LogP contribution in [0.25, 0.3) is 11.5 Å². The maximum atomic E-state index is 4.54. The lowest BCUT2D eigenvalue weighted by atomic mass is 10.2. The summed E-state index contributed by atoms with van der Waals surface area (Å²) in [7, 11) is 0. The minimum absolute atomic E-state index is 0.652. The predicted octanol–water partition coefficient (Wildman–Crippen LogP) is 3.74. The number of nitrogens with zero attached hydrogens (tertiary/aromatic N) is 3. The first kappa shape index (κ1) is 13.9. The Morgan fingerprint density at radius 3 is 2.63 bits per heavy atom. The quantitative estimate of drug-likeness (QED) is 0.932. The molecule has 0 radical (unpaired) electrons. The Bertz CT molecular complexity index is 566. The molecule has 0 spiro atoms. The van der Waals surface area contributed by atoms with Crippen molar-refractivity contribution >= 4 is 21.7 Å². The zero-order valence-electron chi connectivity index (χ0n) is 11.4. The third-order valence-corrected chi connectivity index (χ3v) is 3.65. The van der Waals surface area contributed by atoms with Gasteiger partial charge < -0.3 is 5.32 Å². The van der Waals surface area contributed by atoms with Crippen LogP contribution in [0.4, 0.5) is 5.82 Å². The molecule has 0 fully saturated rings. The highest BCUT2D eigenvalue weighted by atomic mass is 79.9. The van der Waals surface area contributed by atoms with Gasteiger partial charge in [0.2, 0.25) is 0 Å². The molecule has 0 aromatic carbocycles. The van der Waals surface area contributed by atoms with Crippen LogP contribution in [0.5, 0.6) is 0 Å². The van der Waals surface area contributed by atoms with Crippen molar-refractivity contribution in [1.82, 2.24) is 15.0 Å². The molecular weight excluding hydrogens is 304 g/mol. The van der Waals surface area contributed by atoms with Gasteiger partial charge >= 0.3 is 0 Å². The van der Waals surface area contributed by atoms with E-state index in [0.717, 1.165) is 40.2 Å². The fourth-order valence-corrected chi connectivity index (χ4v) is 1.95. The fraction of sp³-hybridized carbons (Fsp3) is 0.357. The van der Waals surface area contributed by atoms with Gasteiger partial charge in [0.05, 0.1) is 10.2 Å². The van der Waals surface area contributed by atoms with E-state index in [1.54, 1.807) is 0 Å². The molecule has 2 heterocycles.